The molecule has 0 saturated carbocycles. The molecule has 2 heterocycles. The lowest BCUT2D eigenvalue weighted by atomic mass is 10.0. The zero-order valence-electron chi connectivity index (χ0n) is 19.6. The summed E-state index contributed by atoms with van der Waals surface area (Å²) < 4.78 is 24.5. The summed E-state index contributed by atoms with van der Waals surface area (Å²) in [6.07, 6.45) is 2.80. The molecule has 1 aromatic carbocycles. The first-order chi connectivity index (χ1) is 15.3. The van der Waals surface area contributed by atoms with E-state index in [-0.39, 0.29) is 5.82 Å². The maximum atomic E-state index is 13.1. The number of halogens is 1. The number of rotatable bonds is 11. The highest BCUT2D eigenvalue weighted by atomic mass is 19.1. The van der Waals surface area contributed by atoms with Gasteiger partial charge in [-0.2, -0.15) is 0 Å². The van der Waals surface area contributed by atoms with Crippen molar-refractivity contribution in [3.63, 3.8) is 0 Å². The van der Waals surface area contributed by atoms with Gasteiger partial charge in [-0.1, -0.05) is 6.07 Å². The van der Waals surface area contributed by atoms with E-state index in [4.69, 9.17) is 9.47 Å². The Kier molecular flexibility index (Phi) is 8.28. The van der Waals surface area contributed by atoms with Crippen LogP contribution in [0.25, 0.3) is 0 Å². The van der Waals surface area contributed by atoms with Gasteiger partial charge in [0.15, 0.2) is 11.5 Å². The Balaban J connectivity index is 1.53. The highest BCUT2D eigenvalue weighted by Gasteiger charge is 2.37. The van der Waals surface area contributed by atoms with Crippen LogP contribution in [0.4, 0.5) is 10.2 Å². The zero-order valence-corrected chi connectivity index (χ0v) is 19.6. The van der Waals surface area contributed by atoms with Crippen molar-refractivity contribution >= 4 is 5.82 Å². The van der Waals surface area contributed by atoms with Gasteiger partial charge in [-0.3, -0.25) is 4.90 Å². The van der Waals surface area contributed by atoms with Gasteiger partial charge in [-0.05, 0) is 63.8 Å². The van der Waals surface area contributed by atoms with Gasteiger partial charge in [-0.25, -0.2) is 9.37 Å². The van der Waals surface area contributed by atoms with E-state index < -0.39 is 5.60 Å². The van der Waals surface area contributed by atoms with Gasteiger partial charge in [0.1, 0.15) is 11.6 Å². The predicted molar refractivity (Wildman–Crippen MR) is 124 cm³/mol. The number of nitrogens with zero attached hydrogens (tertiary/aromatic N) is 4. The molecule has 1 aliphatic heterocycles. The lowest BCUT2D eigenvalue weighted by Gasteiger charge is -2.29. The van der Waals surface area contributed by atoms with Crippen LogP contribution in [-0.2, 0) is 6.54 Å². The Morgan fingerprint density at radius 3 is 2.69 bits per heavy atom. The van der Waals surface area contributed by atoms with E-state index in [0.29, 0.717) is 50.8 Å². The molecule has 7 nitrogen and oxygen atoms in total. The second-order valence-corrected chi connectivity index (χ2v) is 8.89. The highest BCUT2D eigenvalue weighted by Crippen LogP contribution is 2.30. The topological polar surface area (TPSA) is 61.3 Å². The SMILES string of the molecule is COc1cc(CN(C)C[C@]2(O)CCN(c3ccc(F)cn3)C2)ccc1OCCCN(C)C. The number of aliphatic hydroxyl groups is 1. The molecule has 3 rings (SSSR count). The molecule has 0 spiro atoms. The van der Waals surface area contributed by atoms with E-state index in [9.17, 15) is 9.50 Å². The molecular formula is C24H35FN4O3. The number of pyridine rings is 1. The number of anilines is 1. The van der Waals surface area contributed by atoms with Crippen molar-refractivity contribution in [2.45, 2.75) is 25.0 Å². The van der Waals surface area contributed by atoms with Crippen molar-refractivity contribution in [2.24, 2.45) is 0 Å². The molecule has 2 aromatic rings. The van der Waals surface area contributed by atoms with Gasteiger partial charge >= 0.3 is 0 Å². The molecule has 1 aliphatic rings. The van der Waals surface area contributed by atoms with Crippen LogP contribution in [0.5, 0.6) is 11.5 Å². The van der Waals surface area contributed by atoms with E-state index >= 15 is 0 Å². The smallest absolute Gasteiger partial charge is 0.161 e. The normalized spacial score (nSPS) is 18.6. The average Bonchev–Trinajstić information content (AvgIpc) is 3.13. The molecule has 32 heavy (non-hydrogen) atoms. The van der Waals surface area contributed by atoms with Crippen molar-refractivity contribution in [2.75, 3.05) is 65.9 Å². The maximum Gasteiger partial charge on any atom is 0.161 e. The summed E-state index contributed by atoms with van der Waals surface area (Å²) in [4.78, 5) is 10.4. The molecule has 1 atom stereocenters. The van der Waals surface area contributed by atoms with Gasteiger partial charge < -0.3 is 24.4 Å². The molecule has 0 unspecified atom stereocenters. The zero-order chi connectivity index (χ0) is 23.1. The van der Waals surface area contributed by atoms with Gasteiger partial charge in [-0.15, -0.1) is 0 Å². The van der Waals surface area contributed by atoms with Crippen molar-refractivity contribution < 1.29 is 19.0 Å². The first-order valence-corrected chi connectivity index (χ1v) is 11.0. The van der Waals surface area contributed by atoms with E-state index in [0.717, 1.165) is 24.3 Å². The number of hydrogen-bond donors (Lipinski definition) is 1. The second kappa shape index (κ2) is 10.9. The molecule has 0 aliphatic carbocycles. The fourth-order valence-electron chi connectivity index (χ4n) is 4.10. The lowest BCUT2D eigenvalue weighted by molar-refractivity contribution is 0.0279. The van der Waals surface area contributed by atoms with Crippen LogP contribution in [0.2, 0.25) is 0 Å². The number of benzene rings is 1. The van der Waals surface area contributed by atoms with E-state index in [2.05, 4.69) is 14.8 Å². The minimum absolute atomic E-state index is 0.358. The summed E-state index contributed by atoms with van der Waals surface area (Å²) in [5, 5.41) is 11.1. The number of hydrogen-bond acceptors (Lipinski definition) is 7. The van der Waals surface area contributed by atoms with Crippen LogP contribution in [0.15, 0.2) is 36.5 Å². The van der Waals surface area contributed by atoms with Gasteiger partial charge in [0, 0.05) is 32.7 Å². The Bertz CT molecular complexity index is 865. The van der Waals surface area contributed by atoms with Crippen LogP contribution in [0, 0.1) is 5.82 Å². The molecule has 1 N–H and O–H groups in total. The highest BCUT2D eigenvalue weighted by molar-refractivity contribution is 5.43. The summed E-state index contributed by atoms with van der Waals surface area (Å²) in [5.41, 5.74) is 0.244. The number of ether oxygens (including phenoxy) is 2. The predicted octanol–water partition coefficient (Wildman–Crippen LogP) is 2.63. The molecule has 8 heteroatoms. The van der Waals surface area contributed by atoms with E-state index in [1.165, 1.54) is 12.3 Å². The summed E-state index contributed by atoms with van der Waals surface area (Å²) in [5.74, 6) is 1.79. The summed E-state index contributed by atoms with van der Waals surface area (Å²) >= 11 is 0. The average molecular weight is 447 g/mol. The Hall–Kier alpha value is -2.42. The molecule has 1 aromatic heterocycles. The van der Waals surface area contributed by atoms with Crippen molar-refractivity contribution in [3.05, 3.63) is 47.9 Å². The van der Waals surface area contributed by atoms with Gasteiger partial charge in [0.25, 0.3) is 0 Å². The fraction of sp³-hybridized carbons (Fsp3) is 0.542. The third-order valence-electron chi connectivity index (χ3n) is 5.62. The number of β-amino-alcohol motifs (C(OH)–C–C–N with tert-alkyl or cyclic N) is 1. The van der Waals surface area contributed by atoms with Crippen LogP contribution in [0.1, 0.15) is 18.4 Å². The van der Waals surface area contributed by atoms with Crippen LogP contribution in [-0.4, -0.2) is 86.5 Å². The largest absolute Gasteiger partial charge is 0.493 e. The molecule has 1 saturated heterocycles. The quantitative estimate of drug-likeness (QED) is 0.533. The standard InChI is InChI=1S/C24H35FN4O3/c1-27(2)11-5-13-32-21-8-6-19(14-22(21)31-4)16-28(3)17-24(30)10-12-29(18-24)23-9-7-20(25)15-26-23/h6-9,14-15,30H,5,10-13,16-18H2,1-4H3/t24-/m1/s1. The first-order valence-electron chi connectivity index (χ1n) is 11.0. The first kappa shape index (κ1) is 24.2. The Morgan fingerprint density at radius 2 is 2.00 bits per heavy atom. The minimum atomic E-state index is -0.843. The van der Waals surface area contributed by atoms with Crippen LogP contribution in [0.3, 0.4) is 0 Å². The number of aromatic nitrogens is 1. The number of likely N-dealkylation sites (N-methyl/N-ethyl adjacent to an activating group) is 1. The minimum Gasteiger partial charge on any atom is -0.493 e. The number of methoxy groups -OCH3 is 1. The van der Waals surface area contributed by atoms with Crippen molar-refractivity contribution in [1.29, 1.82) is 0 Å². The van der Waals surface area contributed by atoms with E-state index in [1.54, 1.807) is 13.2 Å². The third kappa shape index (κ3) is 6.79. The van der Waals surface area contributed by atoms with Crippen LogP contribution < -0.4 is 14.4 Å². The lowest BCUT2D eigenvalue weighted by Crippen LogP contribution is -2.43. The molecule has 176 valence electrons. The van der Waals surface area contributed by atoms with Gasteiger partial charge in [0.2, 0.25) is 0 Å². The molecular weight excluding hydrogens is 411 g/mol. The molecule has 0 bridgehead atoms. The van der Waals surface area contributed by atoms with Gasteiger partial charge in [0.05, 0.1) is 25.5 Å². The van der Waals surface area contributed by atoms with Crippen LogP contribution >= 0.6 is 0 Å². The summed E-state index contributed by atoms with van der Waals surface area (Å²) in [6, 6.07) is 9.03. The van der Waals surface area contributed by atoms with E-state index in [1.807, 2.05) is 44.2 Å². The summed E-state index contributed by atoms with van der Waals surface area (Å²) in [6.45, 7) is 3.98. The summed E-state index contributed by atoms with van der Waals surface area (Å²) in [7, 11) is 7.74. The second-order valence-electron chi connectivity index (χ2n) is 8.89. The third-order valence-corrected chi connectivity index (χ3v) is 5.62. The Labute approximate surface area is 190 Å². The fourth-order valence-corrected chi connectivity index (χ4v) is 4.10. The maximum absolute atomic E-state index is 13.1. The van der Waals surface area contributed by atoms with Crippen molar-refractivity contribution in [1.82, 2.24) is 14.8 Å². The Morgan fingerprint density at radius 1 is 1.19 bits per heavy atom. The van der Waals surface area contributed by atoms with Crippen molar-refractivity contribution in [3.8, 4) is 11.5 Å². The molecule has 0 radical (unpaired) electrons. The molecule has 1 fully saturated rings. The monoisotopic (exact) mass is 446 g/mol. The molecule has 0 amide bonds.